The number of methoxy groups -OCH3 is 1. The van der Waals surface area contributed by atoms with E-state index < -0.39 is 29.8 Å². The van der Waals surface area contributed by atoms with Crippen molar-refractivity contribution >= 4 is 29.4 Å². The summed E-state index contributed by atoms with van der Waals surface area (Å²) in [6.45, 7) is 0.287. The van der Waals surface area contributed by atoms with Gasteiger partial charge in [-0.15, -0.1) is 0 Å². The Labute approximate surface area is 159 Å². The molecule has 146 valence electrons. The van der Waals surface area contributed by atoms with Gasteiger partial charge < -0.3 is 19.6 Å². The van der Waals surface area contributed by atoms with Crippen LogP contribution in [0.3, 0.4) is 0 Å². The molecule has 0 radical (unpaired) electrons. The van der Waals surface area contributed by atoms with Gasteiger partial charge in [0.25, 0.3) is 11.8 Å². The van der Waals surface area contributed by atoms with Gasteiger partial charge in [-0.2, -0.15) is 0 Å². The number of hydrogen-bond donors (Lipinski definition) is 2. The third kappa shape index (κ3) is 3.59. The Morgan fingerprint density at radius 3 is 2.64 bits per heavy atom. The fraction of sp³-hybridized carbons (Fsp3) is 0.263. The van der Waals surface area contributed by atoms with Gasteiger partial charge in [-0.25, -0.2) is 4.79 Å². The standard InChI is InChI=1S/C19H18N2O7/c1-27-15(22)8-7-14(19(25)26)21-17(23)12-5-2-6-13(16(12)18(21)24)20-10-11-4-3-9-28-11/h2-6,9,14,20H,7-8,10H2,1H3,(H,25,26). The van der Waals surface area contributed by atoms with E-state index in [1.165, 1.54) is 19.4 Å². The van der Waals surface area contributed by atoms with Crippen molar-refractivity contribution in [1.82, 2.24) is 4.90 Å². The Morgan fingerprint density at radius 1 is 1.21 bits per heavy atom. The van der Waals surface area contributed by atoms with E-state index in [0.717, 1.165) is 0 Å². The maximum atomic E-state index is 12.9. The summed E-state index contributed by atoms with van der Waals surface area (Å²) in [5.41, 5.74) is 0.606. The molecular weight excluding hydrogens is 368 g/mol. The predicted molar refractivity (Wildman–Crippen MR) is 95.7 cm³/mol. The molecule has 1 aromatic carbocycles. The van der Waals surface area contributed by atoms with E-state index >= 15 is 0 Å². The second-order valence-electron chi connectivity index (χ2n) is 6.11. The second-order valence-corrected chi connectivity index (χ2v) is 6.11. The molecule has 28 heavy (non-hydrogen) atoms. The lowest BCUT2D eigenvalue weighted by molar-refractivity contribution is -0.143. The van der Waals surface area contributed by atoms with Crippen LogP contribution < -0.4 is 5.32 Å². The third-order valence-electron chi connectivity index (χ3n) is 4.43. The lowest BCUT2D eigenvalue weighted by atomic mass is 10.1. The van der Waals surface area contributed by atoms with Crippen LogP contribution in [0.5, 0.6) is 0 Å². The molecule has 2 aromatic rings. The maximum absolute atomic E-state index is 12.9. The number of nitrogens with zero attached hydrogens (tertiary/aromatic N) is 1. The number of hydrogen-bond acceptors (Lipinski definition) is 7. The number of carboxylic acids is 1. The number of carbonyl (C=O) groups is 4. The van der Waals surface area contributed by atoms with Crippen LogP contribution in [0.15, 0.2) is 41.0 Å². The van der Waals surface area contributed by atoms with Crippen LogP contribution >= 0.6 is 0 Å². The van der Waals surface area contributed by atoms with Crippen LogP contribution in [-0.4, -0.2) is 46.9 Å². The zero-order chi connectivity index (χ0) is 20.3. The Hall–Kier alpha value is -3.62. The summed E-state index contributed by atoms with van der Waals surface area (Å²) in [7, 11) is 1.18. The number of rotatable bonds is 8. The molecule has 2 heterocycles. The van der Waals surface area contributed by atoms with E-state index in [1.54, 1.807) is 24.3 Å². The fourth-order valence-corrected chi connectivity index (χ4v) is 3.05. The second kappa shape index (κ2) is 7.95. The van der Waals surface area contributed by atoms with Crippen LogP contribution in [0.1, 0.15) is 39.3 Å². The topological polar surface area (TPSA) is 126 Å². The Bertz CT molecular complexity index is 920. The van der Waals surface area contributed by atoms with Crippen molar-refractivity contribution in [2.45, 2.75) is 25.4 Å². The van der Waals surface area contributed by atoms with Crippen molar-refractivity contribution < 1.29 is 33.4 Å². The van der Waals surface area contributed by atoms with Gasteiger partial charge in [0.05, 0.1) is 31.0 Å². The normalized spacial score (nSPS) is 14.0. The monoisotopic (exact) mass is 386 g/mol. The van der Waals surface area contributed by atoms with Crippen LogP contribution in [0.2, 0.25) is 0 Å². The van der Waals surface area contributed by atoms with E-state index in [2.05, 4.69) is 10.1 Å². The van der Waals surface area contributed by atoms with Crippen molar-refractivity contribution in [2.75, 3.05) is 12.4 Å². The number of ether oxygens (including phenoxy) is 1. The van der Waals surface area contributed by atoms with Crippen LogP contribution in [-0.2, 0) is 20.9 Å². The van der Waals surface area contributed by atoms with Crippen LogP contribution in [0, 0.1) is 0 Å². The Balaban J connectivity index is 1.86. The smallest absolute Gasteiger partial charge is 0.326 e. The Morgan fingerprint density at radius 2 is 2.00 bits per heavy atom. The summed E-state index contributed by atoms with van der Waals surface area (Å²) in [5.74, 6) is -2.79. The molecule has 1 aliphatic heterocycles. The first-order chi connectivity index (χ1) is 13.4. The molecular formula is C19H18N2O7. The number of amides is 2. The molecule has 9 nitrogen and oxygen atoms in total. The van der Waals surface area contributed by atoms with Crippen molar-refractivity contribution in [3.63, 3.8) is 0 Å². The minimum atomic E-state index is -1.47. The first-order valence-electron chi connectivity index (χ1n) is 8.50. The number of nitrogens with one attached hydrogen (secondary N) is 1. The van der Waals surface area contributed by atoms with E-state index in [0.29, 0.717) is 16.3 Å². The zero-order valence-electron chi connectivity index (χ0n) is 15.0. The quantitative estimate of drug-likeness (QED) is 0.520. The summed E-state index contributed by atoms with van der Waals surface area (Å²) in [6.07, 6.45) is 1.05. The number of aliphatic carboxylic acids is 1. The highest BCUT2D eigenvalue weighted by molar-refractivity contribution is 6.24. The van der Waals surface area contributed by atoms with Crippen molar-refractivity contribution in [3.05, 3.63) is 53.5 Å². The summed E-state index contributed by atoms with van der Waals surface area (Å²) in [6, 6.07) is 6.70. The van der Waals surface area contributed by atoms with E-state index in [1.807, 2.05) is 0 Å². The van der Waals surface area contributed by atoms with Crippen molar-refractivity contribution in [3.8, 4) is 0 Å². The van der Waals surface area contributed by atoms with Gasteiger partial charge in [0.15, 0.2) is 0 Å². The first-order valence-corrected chi connectivity index (χ1v) is 8.50. The first kappa shape index (κ1) is 19.2. The highest BCUT2D eigenvalue weighted by Crippen LogP contribution is 2.32. The molecule has 2 N–H and O–H groups in total. The molecule has 1 aromatic heterocycles. The Kier molecular flexibility index (Phi) is 5.44. The highest BCUT2D eigenvalue weighted by atomic mass is 16.5. The summed E-state index contributed by atoms with van der Waals surface area (Å²) >= 11 is 0. The van der Waals surface area contributed by atoms with E-state index in [9.17, 15) is 24.3 Å². The number of anilines is 1. The molecule has 9 heteroatoms. The molecule has 0 aliphatic carbocycles. The molecule has 0 bridgehead atoms. The lowest BCUT2D eigenvalue weighted by Crippen LogP contribution is -2.45. The van der Waals surface area contributed by atoms with E-state index in [4.69, 9.17) is 4.42 Å². The minimum absolute atomic E-state index is 0.100. The van der Waals surface area contributed by atoms with Crippen LogP contribution in [0.4, 0.5) is 5.69 Å². The number of benzene rings is 1. The average molecular weight is 386 g/mol. The molecule has 1 atom stereocenters. The average Bonchev–Trinajstić information content (AvgIpc) is 3.28. The predicted octanol–water partition coefficient (Wildman–Crippen LogP) is 1.89. The van der Waals surface area contributed by atoms with Gasteiger partial charge in [-0.1, -0.05) is 6.07 Å². The van der Waals surface area contributed by atoms with Crippen LogP contribution in [0.25, 0.3) is 0 Å². The van der Waals surface area contributed by atoms with Crippen molar-refractivity contribution in [2.24, 2.45) is 0 Å². The van der Waals surface area contributed by atoms with E-state index in [-0.39, 0.29) is 30.5 Å². The number of carbonyl (C=O) groups excluding carboxylic acids is 3. The number of carboxylic acid groups (broad SMARTS) is 1. The number of esters is 1. The molecule has 1 aliphatic rings. The fourth-order valence-electron chi connectivity index (χ4n) is 3.05. The summed E-state index contributed by atoms with van der Waals surface area (Å²) in [4.78, 5) is 49.4. The lowest BCUT2D eigenvalue weighted by Gasteiger charge is -2.22. The summed E-state index contributed by atoms with van der Waals surface area (Å²) in [5, 5.41) is 12.5. The largest absolute Gasteiger partial charge is 0.480 e. The molecule has 0 spiro atoms. The van der Waals surface area contributed by atoms with Crippen molar-refractivity contribution in [1.29, 1.82) is 0 Å². The molecule has 0 saturated heterocycles. The SMILES string of the molecule is COC(=O)CCC(C(=O)O)N1C(=O)c2cccc(NCc3ccco3)c2C1=O. The minimum Gasteiger partial charge on any atom is -0.480 e. The van der Waals surface area contributed by atoms with Gasteiger partial charge in [0, 0.05) is 12.1 Å². The number of fused-ring (bicyclic) bond motifs is 1. The van der Waals surface area contributed by atoms with Gasteiger partial charge in [0.1, 0.15) is 11.8 Å². The number of imide groups is 1. The number of furan rings is 1. The van der Waals surface area contributed by atoms with Gasteiger partial charge in [-0.3, -0.25) is 19.3 Å². The molecule has 0 saturated carbocycles. The highest BCUT2D eigenvalue weighted by Gasteiger charge is 2.44. The molecule has 2 amide bonds. The third-order valence-corrected chi connectivity index (χ3v) is 4.43. The molecule has 3 rings (SSSR count). The van der Waals surface area contributed by atoms with Gasteiger partial charge in [-0.05, 0) is 30.7 Å². The molecule has 0 fully saturated rings. The summed E-state index contributed by atoms with van der Waals surface area (Å²) < 4.78 is 9.74. The molecule has 1 unspecified atom stereocenters. The van der Waals surface area contributed by atoms with Gasteiger partial charge in [0.2, 0.25) is 0 Å². The maximum Gasteiger partial charge on any atom is 0.326 e. The van der Waals surface area contributed by atoms with Gasteiger partial charge >= 0.3 is 11.9 Å². The zero-order valence-corrected chi connectivity index (χ0v) is 15.0.